The molecule has 1 aromatic carbocycles. The van der Waals surface area contributed by atoms with E-state index in [9.17, 15) is 9.90 Å². The molecule has 0 bridgehead atoms. The molecule has 214 valence electrons. The Kier molecular flexibility index (Phi) is 21.3. The Morgan fingerprint density at radius 2 is 1.30 bits per heavy atom. The Balaban J connectivity index is 2.18. The maximum absolute atomic E-state index is 12.5. The van der Waals surface area contributed by atoms with Gasteiger partial charge in [0, 0.05) is 12.0 Å². The summed E-state index contributed by atoms with van der Waals surface area (Å²) in [6, 6.07) is 5.93. The summed E-state index contributed by atoms with van der Waals surface area (Å²) >= 11 is 0. The van der Waals surface area contributed by atoms with E-state index >= 15 is 0 Å². The minimum atomic E-state index is 0.00111. The molecule has 0 aromatic heterocycles. The summed E-state index contributed by atoms with van der Waals surface area (Å²) in [5.74, 6) is 0.786. The number of aryl methyl sites for hydroxylation is 1. The summed E-state index contributed by atoms with van der Waals surface area (Å²) in [7, 11) is 0. The van der Waals surface area contributed by atoms with Gasteiger partial charge in [0.25, 0.3) is 0 Å². The third kappa shape index (κ3) is 18.4. The van der Waals surface area contributed by atoms with Gasteiger partial charge in [0.05, 0.1) is 13.2 Å². The first-order valence-corrected chi connectivity index (χ1v) is 15.6. The van der Waals surface area contributed by atoms with Crippen molar-refractivity contribution in [2.75, 3.05) is 6.61 Å². The molecular weight excluding hydrogens is 460 g/mol. The zero-order chi connectivity index (χ0) is 27.0. The lowest BCUT2D eigenvalue weighted by Gasteiger charge is -2.18. The number of carbonyl (C=O) groups excluding carboxylic acids is 1. The third-order valence-corrected chi connectivity index (χ3v) is 7.23. The second-order valence-corrected chi connectivity index (χ2v) is 10.9. The van der Waals surface area contributed by atoms with Crippen molar-refractivity contribution in [2.24, 2.45) is 0 Å². The van der Waals surface area contributed by atoms with Gasteiger partial charge in [-0.15, -0.1) is 0 Å². The normalized spacial score (nSPS) is 11.3. The highest BCUT2D eigenvalue weighted by atomic mass is 16.5. The van der Waals surface area contributed by atoms with Crippen molar-refractivity contribution in [2.45, 2.75) is 162 Å². The van der Waals surface area contributed by atoms with Gasteiger partial charge in [0.15, 0.2) is 0 Å². The van der Waals surface area contributed by atoms with E-state index in [4.69, 9.17) is 9.47 Å². The molecule has 37 heavy (non-hydrogen) atoms. The fourth-order valence-corrected chi connectivity index (χ4v) is 4.87. The zero-order valence-electron chi connectivity index (χ0n) is 24.5. The second-order valence-electron chi connectivity index (χ2n) is 10.9. The van der Waals surface area contributed by atoms with E-state index in [1.807, 2.05) is 25.1 Å². The molecule has 0 fully saturated rings. The number of benzene rings is 1. The van der Waals surface area contributed by atoms with Gasteiger partial charge in [-0.05, 0) is 51.5 Å². The van der Waals surface area contributed by atoms with Crippen LogP contribution in [0.3, 0.4) is 0 Å². The molecule has 0 heterocycles. The minimum Gasteiger partial charge on any atom is -0.493 e. The lowest BCUT2D eigenvalue weighted by Crippen LogP contribution is -2.18. The van der Waals surface area contributed by atoms with E-state index in [-0.39, 0.29) is 18.7 Å². The topological polar surface area (TPSA) is 55.8 Å². The molecule has 1 N–H and O–H groups in total. The van der Waals surface area contributed by atoms with Crippen molar-refractivity contribution >= 4 is 5.97 Å². The highest BCUT2D eigenvalue weighted by molar-refractivity contribution is 5.69. The van der Waals surface area contributed by atoms with Crippen LogP contribution in [0.25, 0.3) is 0 Å². The van der Waals surface area contributed by atoms with Crippen molar-refractivity contribution in [3.63, 3.8) is 0 Å². The molecule has 4 nitrogen and oxygen atoms in total. The summed E-state index contributed by atoms with van der Waals surface area (Å²) in [5.41, 5.74) is 1.98. The quantitative estimate of drug-likeness (QED) is 0.103. The molecule has 0 unspecified atom stereocenters. The van der Waals surface area contributed by atoms with Crippen LogP contribution in [0, 0.1) is 6.92 Å². The van der Waals surface area contributed by atoms with E-state index in [2.05, 4.69) is 13.8 Å². The average Bonchev–Trinajstić information content (AvgIpc) is 2.89. The third-order valence-electron chi connectivity index (χ3n) is 7.23. The monoisotopic (exact) mass is 518 g/mol. The Labute approximate surface area is 228 Å². The van der Waals surface area contributed by atoms with E-state index in [0.29, 0.717) is 13.0 Å². The first-order chi connectivity index (χ1) is 18.1. The van der Waals surface area contributed by atoms with Gasteiger partial charge in [-0.25, -0.2) is 0 Å². The number of aliphatic hydroxyl groups is 1. The van der Waals surface area contributed by atoms with E-state index in [1.165, 1.54) is 77.0 Å². The molecule has 0 aliphatic heterocycles. The highest BCUT2D eigenvalue weighted by Crippen LogP contribution is 2.21. The Morgan fingerprint density at radius 3 is 1.89 bits per heavy atom. The number of unbranched alkanes of at least 4 members (excludes halogenated alkanes) is 14. The van der Waals surface area contributed by atoms with Gasteiger partial charge in [0.1, 0.15) is 11.9 Å². The van der Waals surface area contributed by atoms with E-state index in [1.54, 1.807) is 0 Å². The molecule has 0 atom stereocenters. The molecule has 0 saturated heterocycles. The van der Waals surface area contributed by atoms with Gasteiger partial charge in [-0.1, -0.05) is 115 Å². The zero-order valence-corrected chi connectivity index (χ0v) is 24.5. The van der Waals surface area contributed by atoms with Crippen LogP contribution in [0.1, 0.15) is 153 Å². The average molecular weight is 519 g/mol. The number of esters is 1. The van der Waals surface area contributed by atoms with Crippen LogP contribution in [0.2, 0.25) is 0 Å². The number of hydrogen-bond acceptors (Lipinski definition) is 4. The molecule has 0 radical (unpaired) electrons. The molecular formula is C33H58O4. The Morgan fingerprint density at radius 1 is 0.757 bits per heavy atom. The van der Waals surface area contributed by atoms with Gasteiger partial charge in [-0.2, -0.15) is 0 Å². The van der Waals surface area contributed by atoms with Gasteiger partial charge < -0.3 is 14.6 Å². The predicted octanol–water partition coefficient (Wildman–Crippen LogP) is 9.62. The van der Waals surface area contributed by atoms with Crippen molar-refractivity contribution in [1.82, 2.24) is 0 Å². The maximum Gasteiger partial charge on any atom is 0.306 e. The maximum atomic E-state index is 12.5. The summed E-state index contributed by atoms with van der Waals surface area (Å²) < 4.78 is 11.8. The van der Waals surface area contributed by atoms with Crippen molar-refractivity contribution in [3.8, 4) is 5.75 Å². The molecule has 0 saturated carbocycles. The number of aliphatic hydroxyl groups excluding tert-OH is 1. The first kappa shape index (κ1) is 33.5. The molecule has 1 aromatic rings. The number of ether oxygens (including phenoxy) is 2. The second kappa shape index (κ2) is 23.6. The molecule has 0 aliphatic rings. The van der Waals surface area contributed by atoms with Gasteiger partial charge in [0.2, 0.25) is 0 Å². The Bertz CT molecular complexity index is 656. The number of carbonyl (C=O) groups is 1. The fraction of sp³-hybridized carbons (Fsp3) is 0.788. The summed E-state index contributed by atoms with van der Waals surface area (Å²) in [6.07, 6.45) is 23.3. The van der Waals surface area contributed by atoms with E-state index < -0.39 is 0 Å². The molecule has 0 aliphatic carbocycles. The lowest BCUT2D eigenvalue weighted by atomic mass is 10.0. The highest BCUT2D eigenvalue weighted by Gasteiger charge is 2.14. The summed E-state index contributed by atoms with van der Waals surface area (Å²) in [5, 5.41) is 9.49. The molecule has 1 rings (SSSR count). The summed E-state index contributed by atoms with van der Waals surface area (Å²) in [6.45, 7) is 7.20. The summed E-state index contributed by atoms with van der Waals surface area (Å²) in [4.78, 5) is 12.5. The molecule has 4 heteroatoms. The predicted molar refractivity (Wildman–Crippen MR) is 156 cm³/mol. The van der Waals surface area contributed by atoms with Crippen LogP contribution in [0.15, 0.2) is 18.2 Å². The smallest absolute Gasteiger partial charge is 0.306 e. The van der Waals surface area contributed by atoms with Crippen molar-refractivity contribution in [1.29, 1.82) is 0 Å². The standard InChI is InChI=1S/C33H58O4/c1-4-6-8-10-13-17-21-31(22-18-14-11-9-7-5-2)37-33(35)23-19-15-12-16-20-26-36-32-25-24-29(3)27-30(32)28-34/h24-25,27,31,34H,4-23,26,28H2,1-3H3. The van der Waals surface area contributed by atoms with Crippen LogP contribution in [0.4, 0.5) is 0 Å². The number of rotatable bonds is 25. The minimum absolute atomic E-state index is 0.00111. The molecule has 0 spiro atoms. The molecule has 0 amide bonds. The SMILES string of the molecule is CCCCCCCCC(CCCCCCCC)OC(=O)CCCCCCCOc1ccc(C)cc1CO. The lowest BCUT2D eigenvalue weighted by molar-refractivity contribution is -0.150. The van der Waals surface area contributed by atoms with Gasteiger partial charge >= 0.3 is 5.97 Å². The van der Waals surface area contributed by atoms with Crippen LogP contribution in [-0.4, -0.2) is 23.8 Å². The van der Waals surface area contributed by atoms with Crippen LogP contribution >= 0.6 is 0 Å². The Hall–Kier alpha value is -1.55. The largest absolute Gasteiger partial charge is 0.493 e. The van der Waals surface area contributed by atoms with Crippen molar-refractivity contribution in [3.05, 3.63) is 29.3 Å². The van der Waals surface area contributed by atoms with Crippen molar-refractivity contribution < 1.29 is 19.4 Å². The van der Waals surface area contributed by atoms with Crippen LogP contribution in [0.5, 0.6) is 5.75 Å². The number of hydrogen-bond donors (Lipinski definition) is 1. The van der Waals surface area contributed by atoms with Gasteiger partial charge in [-0.3, -0.25) is 4.79 Å². The fourth-order valence-electron chi connectivity index (χ4n) is 4.87. The van der Waals surface area contributed by atoms with Crippen LogP contribution < -0.4 is 4.74 Å². The first-order valence-electron chi connectivity index (χ1n) is 15.6. The van der Waals surface area contributed by atoms with E-state index in [0.717, 1.165) is 61.8 Å². The van der Waals surface area contributed by atoms with Crippen LogP contribution in [-0.2, 0) is 16.1 Å².